The Kier molecular flexibility index (Phi) is 5.59. The maximum Gasteiger partial charge on any atom is 0.326 e. The van der Waals surface area contributed by atoms with Crippen LogP contribution in [0.5, 0.6) is 0 Å². The number of carbonyl (C=O) groups is 2. The highest BCUT2D eigenvalue weighted by molar-refractivity contribution is 8.26. The third-order valence-electron chi connectivity index (χ3n) is 3.64. The molecule has 0 aliphatic carbocycles. The summed E-state index contributed by atoms with van der Waals surface area (Å²) >= 11 is 6.46. The van der Waals surface area contributed by atoms with Gasteiger partial charge >= 0.3 is 5.97 Å². The molecule has 1 aliphatic heterocycles. The van der Waals surface area contributed by atoms with E-state index < -0.39 is 12.0 Å². The molecule has 0 radical (unpaired) electrons. The third-order valence-corrected chi connectivity index (χ3v) is 5.14. The molecule has 122 valence electrons. The molecule has 0 unspecified atom stereocenters. The first-order chi connectivity index (χ1) is 10.8. The van der Waals surface area contributed by atoms with Crippen molar-refractivity contribution in [3.8, 4) is 0 Å². The van der Waals surface area contributed by atoms with Gasteiger partial charge in [0, 0.05) is 0 Å². The van der Waals surface area contributed by atoms with Gasteiger partial charge < -0.3 is 5.11 Å². The average Bonchev–Trinajstić information content (AvgIpc) is 2.79. The molecule has 1 saturated heterocycles. The van der Waals surface area contributed by atoms with E-state index in [9.17, 15) is 14.7 Å². The van der Waals surface area contributed by atoms with Crippen LogP contribution in [-0.4, -0.2) is 32.2 Å². The van der Waals surface area contributed by atoms with Gasteiger partial charge in [0.1, 0.15) is 10.4 Å². The molecule has 23 heavy (non-hydrogen) atoms. The number of carbonyl (C=O) groups excluding carboxylic acids is 1. The largest absolute Gasteiger partial charge is 0.480 e. The van der Waals surface area contributed by atoms with E-state index in [4.69, 9.17) is 12.2 Å². The Bertz CT molecular complexity index is 668. The number of allylic oxidation sites excluding steroid dienone is 1. The molecule has 1 aromatic rings. The predicted octanol–water partition coefficient (Wildman–Crippen LogP) is 3.78. The zero-order valence-corrected chi connectivity index (χ0v) is 14.9. The van der Waals surface area contributed by atoms with E-state index in [0.29, 0.717) is 15.6 Å². The lowest BCUT2D eigenvalue weighted by molar-refractivity contribution is -0.145. The first kappa shape index (κ1) is 17.7. The van der Waals surface area contributed by atoms with Gasteiger partial charge in [0.25, 0.3) is 5.91 Å². The summed E-state index contributed by atoms with van der Waals surface area (Å²) in [6.07, 6.45) is 0.374. The van der Waals surface area contributed by atoms with Crippen molar-refractivity contribution in [3.63, 3.8) is 0 Å². The quantitative estimate of drug-likeness (QED) is 0.648. The summed E-state index contributed by atoms with van der Waals surface area (Å²) in [7, 11) is 0. The van der Waals surface area contributed by atoms with Gasteiger partial charge in [-0.1, -0.05) is 68.2 Å². The summed E-state index contributed by atoms with van der Waals surface area (Å²) in [5.74, 6) is -1.18. The SMILES string of the molecule is C/C(=C1/SC(=S)N([C@@H](CC(C)C)C(=O)O)C1=O)c1ccccc1. The average molecular weight is 349 g/mol. The number of rotatable bonds is 5. The van der Waals surface area contributed by atoms with Crippen LogP contribution in [0.3, 0.4) is 0 Å². The molecular weight excluding hydrogens is 330 g/mol. The van der Waals surface area contributed by atoms with E-state index in [1.165, 1.54) is 16.7 Å². The normalized spacial score (nSPS) is 18.5. The number of thioether (sulfide) groups is 1. The van der Waals surface area contributed by atoms with Gasteiger partial charge in [0.15, 0.2) is 0 Å². The van der Waals surface area contributed by atoms with Gasteiger partial charge in [-0.05, 0) is 30.4 Å². The lowest BCUT2D eigenvalue weighted by atomic mass is 10.0. The first-order valence-corrected chi connectivity index (χ1v) is 8.59. The monoisotopic (exact) mass is 349 g/mol. The minimum absolute atomic E-state index is 0.153. The van der Waals surface area contributed by atoms with Crippen LogP contribution < -0.4 is 0 Å². The molecule has 1 N–H and O–H groups in total. The number of thiocarbonyl (C=S) groups is 1. The topological polar surface area (TPSA) is 57.6 Å². The Hall–Kier alpha value is -1.66. The Morgan fingerprint density at radius 2 is 1.91 bits per heavy atom. The molecule has 1 aliphatic rings. The van der Waals surface area contributed by atoms with Crippen molar-refractivity contribution in [3.05, 3.63) is 40.8 Å². The molecule has 2 rings (SSSR count). The fourth-order valence-electron chi connectivity index (χ4n) is 2.46. The molecule has 6 heteroatoms. The van der Waals surface area contributed by atoms with Crippen LogP contribution in [0.25, 0.3) is 5.57 Å². The van der Waals surface area contributed by atoms with Crippen LogP contribution in [0.15, 0.2) is 35.2 Å². The number of aliphatic carboxylic acids is 1. The summed E-state index contributed by atoms with van der Waals surface area (Å²) in [6.45, 7) is 5.72. The predicted molar refractivity (Wildman–Crippen MR) is 96.9 cm³/mol. The maximum absolute atomic E-state index is 12.8. The number of carboxylic acid groups (broad SMARTS) is 1. The minimum atomic E-state index is -1.02. The number of amides is 1. The number of carboxylic acids is 1. The summed E-state index contributed by atoms with van der Waals surface area (Å²) < 4.78 is 0.313. The van der Waals surface area contributed by atoms with Crippen molar-refractivity contribution in [1.82, 2.24) is 4.90 Å². The van der Waals surface area contributed by atoms with E-state index in [1.54, 1.807) is 0 Å². The summed E-state index contributed by atoms with van der Waals surface area (Å²) in [4.78, 5) is 26.1. The second kappa shape index (κ2) is 7.27. The van der Waals surface area contributed by atoms with Crippen molar-refractivity contribution >= 4 is 45.7 Å². The van der Waals surface area contributed by atoms with Crippen LogP contribution in [-0.2, 0) is 9.59 Å². The van der Waals surface area contributed by atoms with Crippen LogP contribution in [0, 0.1) is 5.92 Å². The second-order valence-electron chi connectivity index (χ2n) is 5.85. The molecule has 1 fully saturated rings. The van der Waals surface area contributed by atoms with Crippen LogP contribution >= 0.6 is 24.0 Å². The van der Waals surface area contributed by atoms with Crippen LogP contribution in [0.2, 0.25) is 0 Å². The molecule has 0 aromatic heterocycles. The van der Waals surface area contributed by atoms with Crippen molar-refractivity contribution in [1.29, 1.82) is 0 Å². The second-order valence-corrected chi connectivity index (χ2v) is 7.49. The summed E-state index contributed by atoms with van der Waals surface area (Å²) in [5.41, 5.74) is 1.75. The molecule has 4 nitrogen and oxygen atoms in total. The van der Waals surface area contributed by atoms with E-state index in [1.807, 2.05) is 51.1 Å². The molecule has 1 atom stereocenters. The fraction of sp³-hybridized carbons (Fsp3) is 0.353. The number of nitrogens with zero attached hydrogens (tertiary/aromatic N) is 1. The molecule has 1 aromatic carbocycles. The lowest BCUT2D eigenvalue weighted by Crippen LogP contribution is -2.44. The van der Waals surface area contributed by atoms with Crippen LogP contribution in [0.1, 0.15) is 32.8 Å². The Morgan fingerprint density at radius 3 is 2.43 bits per heavy atom. The van der Waals surface area contributed by atoms with E-state index in [-0.39, 0.29) is 11.8 Å². The molecule has 1 heterocycles. The smallest absolute Gasteiger partial charge is 0.326 e. The fourth-order valence-corrected chi connectivity index (χ4v) is 3.86. The number of hydrogen-bond acceptors (Lipinski definition) is 4. The molecule has 0 saturated carbocycles. The Balaban J connectivity index is 2.38. The maximum atomic E-state index is 12.8. The van der Waals surface area contributed by atoms with Gasteiger partial charge in [-0.3, -0.25) is 9.69 Å². The van der Waals surface area contributed by atoms with E-state index in [2.05, 4.69) is 0 Å². The zero-order valence-electron chi connectivity index (χ0n) is 13.3. The molecule has 0 bridgehead atoms. The van der Waals surface area contributed by atoms with Gasteiger partial charge in [-0.25, -0.2) is 4.79 Å². The molecule has 0 spiro atoms. The van der Waals surface area contributed by atoms with Crippen molar-refractivity contribution < 1.29 is 14.7 Å². The van der Waals surface area contributed by atoms with Gasteiger partial charge in [-0.15, -0.1) is 0 Å². The molecular formula is C17H19NO3S2. The molecule has 1 amide bonds. The first-order valence-electron chi connectivity index (χ1n) is 7.37. The Labute approximate surface area is 145 Å². The highest BCUT2D eigenvalue weighted by Crippen LogP contribution is 2.38. The number of benzene rings is 1. The van der Waals surface area contributed by atoms with Gasteiger partial charge in [-0.2, -0.15) is 0 Å². The van der Waals surface area contributed by atoms with Gasteiger partial charge in [0.2, 0.25) is 0 Å². The highest BCUT2D eigenvalue weighted by atomic mass is 32.2. The third kappa shape index (κ3) is 3.82. The Morgan fingerprint density at radius 1 is 1.30 bits per heavy atom. The lowest BCUT2D eigenvalue weighted by Gasteiger charge is -2.24. The van der Waals surface area contributed by atoms with E-state index >= 15 is 0 Å². The summed E-state index contributed by atoms with van der Waals surface area (Å²) in [5, 5.41) is 9.48. The zero-order chi connectivity index (χ0) is 17.1. The van der Waals surface area contributed by atoms with Crippen LogP contribution in [0.4, 0.5) is 0 Å². The highest BCUT2D eigenvalue weighted by Gasteiger charge is 2.41. The van der Waals surface area contributed by atoms with Crippen molar-refractivity contribution in [2.24, 2.45) is 5.92 Å². The summed E-state index contributed by atoms with van der Waals surface area (Å²) in [6, 6.07) is 8.64. The standard InChI is InChI=1S/C17H19NO3S2/c1-10(2)9-13(16(20)21)18-15(19)14(23-17(18)22)11(3)12-7-5-4-6-8-12/h4-8,10,13H,9H2,1-3H3,(H,20,21)/b14-11-/t13-/m0/s1. The van der Waals surface area contributed by atoms with E-state index in [0.717, 1.165) is 11.1 Å². The van der Waals surface area contributed by atoms with Crippen molar-refractivity contribution in [2.45, 2.75) is 33.2 Å². The minimum Gasteiger partial charge on any atom is -0.480 e. The van der Waals surface area contributed by atoms with Crippen molar-refractivity contribution in [2.75, 3.05) is 0 Å². The number of hydrogen-bond donors (Lipinski definition) is 1. The van der Waals surface area contributed by atoms with Gasteiger partial charge in [0.05, 0.1) is 4.91 Å².